The quantitative estimate of drug-likeness (QED) is 0.684. The van der Waals surface area contributed by atoms with Crippen molar-refractivity contribution in [2.45, 2.75) is 23.7 Å². The highest BCUT2D eigenvalue weighted by Crippen LogP contribution is 2.46. The Bertz CT molecular complexity index is 1030. The molecule has 1 heterocycles. The van der Waals surface area contributed by atoms with Crippen molar-refractivity contribution >= 4 is 28.5 Å². The molecule has 128 valence electrons. The molecule has 1 aliphatic carbocycles. The number of alkyl halides is 1. The largest absolute Gasteiger partial charge is 0.481 e. The van der Waals surface area contributed by atoms with Crippen LogP contribution in [0.5, 0.6) is 0 Å². The van der Waals surface area contributed by atoms with Crippen LogP contribution in [-0.4, -0.2) is 37.8 Å². The maximum Gasteiger partial charge on any atom is 0.348 e. The summed E-state index contributed by atoms with van der Waals surface area (Å²) >= 11 is 0.964. The third-order valence-corrected chi connectivity index (χ3v) is 5.18. The first-order chi connectivity index (χ1) is 12.1. The predicted molar refractivity (Wildman–Crippen MR) is 92.3 cm³/mol. The highest BCUT2D eigenvalue weighted by Gasteiger charge is 2.39. The molecule has 0 spiro atoms. The number of nitrogens with zero attached hydrogens (tertiary/aromatic N) is 2. The first-order valence-corrected chi connectivity index (χ1v) is 8.73. The molecule has 0 bridgehead atoms. The number of aromatic nitrogens is 3. The summed E-state index contributed by atoms with van der Waals surface area (Å²) in [6, 6.07) is 11.1. The van der Waals surface area contributed by atoms with Gasteiger partial charge in [0.05, 0.1) is 11.4 Å². The molecule has 1 saturated carbocycles. The molecule has 1 aromatic heterocycles. The molecular formula is C17H14FN3O3S. The van der Waals surface area contributed by atoms with Crippen molar-refractivity contribution in [3.05, 3.63) is 52.4 Å². The fourth-order valence-corrected chi connectivity index (χ4v) is 3.70. The number of nitrogens with one attached hydrogen (secondary N) is 1. The molecule has 2 atom stereocenters. The van der Waals surface area contributed by atoms with Crippen molar-refractivity contribution < 1.29 is 14.3 Å². The van der Waals surface area contributed by atoms with Gasteiger partial charge in [0.15, 0.2) is 5.16 Å². The highest BCUT2D eigenvalue weighted by atomic mass is 32.2. The Labute approximate surface area is 145 Å². The number of rotatable bonds is 5. The molecule has 2 N–H and O–H groups in total. The first kappa shape index (κ1) is 15.9. The molecule has 25 heavy (non-hydrogen) atoms. The Morgan fingerprint density at radius 1 is 1.32 bits per heavy atom. The third-order valence-electron chi connectivity index (χ3n) is 4.25. The van der Waals surface area contributed by atoms with Gasteiger partial charge < -0.3 is 5.11 Å². The molecule has 0 saturated heterocycles. The normalized spacial score (nSPS) is 19.2. The van der Waals surface area contributed by atoms with Crippen molar-refractivity contribution in [1.29, 1.82) is 0 Å². The molecule has 0 aliphatic heterocycles. The SMILES string of the molecule is O=C(O)CSc1n[nH]c(=O)n1-c1ccc(C2CC2F)c2ccccc12. The van der Waals surface area contributed by atoms with E-state index in [1.807, 2.05) is 30.3 Å². The van der Waals surface area contributed by atoms with E-state index in [1.165, 1.54) is 4.57 Å². The molecule has 1 aliphatic rings. The average Bonchev–Trinajstić information content (AvgIpc) is 3.21. The Balaban J connectivity index is 1.87. The smallest absolute Gasteiger partial charge is 0.348 e. The zero-order valence-electron chi connectivity index (χ0n) is 13.0. The van der Waals surface area contributed by atoms with E-state index in [1.54, 1.807) is 6.07 Å². The van der Waals surface area contributed by atoms with Gasteiger partial charge in [0, 0.05) is 11.3 Å². The summed E-state index contributed by atoms with van der Waals surface area (Å²) in [5.41, 5.74) is 1.09. The third kappa shape index (κ3) is 2.82. The molecule has 2 aromatic carbocycles. The van der Waals surface area contributed by atoms with Crippen molar-refractivity contribution in [2.75, 3.05) is 5.75 Å². The van der Waals surface area contributed by atoms with E-state index >= 15 is 0 Å². The fraction of sp³-hybridized carbons (Fsp3) is 0.235. The molecule has 1 fully saturated rings. The summed E-state index contributed by atoms with van der Waals surface area (Å²) in [4.78, 5) is 23.1. The number of fused-ring (bicyclic) bond motifs is 1. The van der Waals surface area contributed by atoms with Gasteiger partial charge in [-0.1, -0.05) is 42.1 Å². The Morgan fingerprint density at radius 3 is 2.72 bits per heavy atom. The highest BCUT2D eigenvalue weighted by molar-refractivity contribution is 7.99. The van der Waals surface area contributed by atoms with Crippen LogP contribution in [-0.2, 0) is 4.79 Å². The second-order valence-corrected chi connectivity index (χ2v) is 6.85. The summed E-state index contributed by atoms with van der Waals surface area (Å²) < 4.78 is 14.9. The topological polar surface area (TPSA) is 88.0 Å². The Kier molecular flexibility index (Phi) is 3.84. The second kappa shape index (κ2) is 6.03. The lowest BCUT2D eigenvalue weighted by molar-refractivity contribution is -0.133. The minimum Gasteiger partial charge on any atom is -0.481 e. The van der Waals surface area contributed by atoms with Gasteiger partial charge in [0.2, 0.25) is 0 Å². The molecule has 6 nitrogen and oxygen atoms in total. The van der Waals surface area contributed by atoms with Crippen LogP contribution in [0.25, 0.3) is 16.5 Å². The second-order valence-electron chi connectivity index (χ2n) is 5.91. The van der Waals surface area contributed by atoms with Crippen LogP contribution in [0.15, 0.2) is 46.3 Å². The summed E-state index contributed by atoms with van der Waals surface area (Å²) in [5, 5.41) is 17.1. The minimum absolute atomic E-state index is 0.0964. The van der Waals surface area contributed by atoms with Crippen LogP contribution >= 0.6 is 11.8 Å². The lowest BCUT2D eigenvalue weighted by Crippen LogP contribution is -2.16. The number of hydrogen-bond acceptors (Lipinski definition) is 4. The number of thioether (sulfide) groups is 1. The van der Waals surface area contributed by atoms with Crippen LogP contribution in [0.1, 0.15) is 17.9 Å². The molecule has 8 heteroatoms. The summed E-state index contributed by atoms with van der Waals surface area (Å²) in [6.07, 6.45) is -0.290. The van der Waals surface area contributed by atoms with E-state index in [0.29, 0.717) is 12.1 Å². The number of benzene rings is 2. The van der Waals surface area contributed by atoms with Gasteiger partial charge >= 0.3 is 11.7 Å². The van der Waals surface area contributed by atoms with Gasteiger partial charge in [-0.25, -0.2) is 18.9 Å². The van der Waals surface area contributed by atoms with Gasteiger partial charge in [-0.3, -0.25) is 4.79 Å². The van der Waals surface area contributed by atoms with Gasteiger partial charge in [0.25, 0.3) is 0 Å². The first-order valence-electron chi connectivity index (χ1n) is 7.74. The van der Waals surface area contributed by atoms with Crippen LogP contribution in [0, 0.1) is 0 Å². The van der Waals surface area contributed by atoms with Gasteiger partial charge in [0.1, 0.15) is 6.17 Å². The number of halogens is 1. The van der Waals surface area contributed by atoms with E-state index in [2.05, 4.69) is 10.2 Å². The summed E-state index contributed by atoms with van der Waals surface area (Å²) in [5.74, 6) is -1.29. The van der Waals surface area contributed by atoms with Crippen LogP contribution in [0.2, 0.25) is 0 Å². The maximum atomic E-state index is 13.5. The molecule has 0 radical (unpaired) electrons. The van der Waals surface area contributed by atoms with Crippen molar-refractivity contribution in [2.24, 2.45) is 0 Å². The number of carboxylic acid groups (broad SMARTS) is 1. The maximum absolute atomic E-state index is 13.5. The zero-order chi connectivity index (χ0) is 17.6. The summed E-state index contributed by atoms with van der Waals surface area (Å²) in [6.45, 7) is 0. The Morgan fingerprint density at radius 2 is 2.04 bits per heavy atom. The van der Waals surface area contributed by atoms with Crippen LogP contribution < -0.4 is 5.69 Å². The van der Waals surface area contributed by atoms with E-state index < -0.39 is 17.8 Å². The number of H-pyrrole nitrogens is 1. The Hall–Kier alpha value is -2.61. The van der Waals surface area contributed by atoms with Crippen molar-refractivity contribution in [1.82, 2.24) is 14.8 Å². The van der Waals surface area contributed by atoms with Gasteiger partial charge in [-0.15, -0.1) is 5.10 Å². The van der Waals surface area contributed by atoms with E-state index in [0.717, 1.165) is 28.1 Å². The number of carbonyl (C=O) groups is 1. The number of aliphatic carboxylic acids is 1. The lowest BCUT2D eigenvalue weighted by atomic mass is 9.99. The van der Waals surface area contributed by atoms with E-state index in [4.69, 9.17) is 5.11 Å². The molecule has 0 amide bonds. The van der Waals surface area contributed by atoms with Crippen molar-refractivity contribution in [3.8, 4) is 5.69 Å². The molecule has 4 rings (SSSR count). The van der Waals surface area contributed by atoms with Crippen LogP contribution in [0.3, 0.4) is 0 Å². The van der Waals surface area contributed by atoms with E-state index in [9.17, 15) is 14.0 Å². The van der Waals surface area contributed by atoms with Crippen LogP contribution in [0.4, 0.5) is 4.39 Å². The number of aromatic amines is 1. The molecule has 2 unspecified atom stereocenters. The van der Waals surface area contributed by atoms with Gasteiger partial charge in [-0.05, 0) is 23.4 Å². The predicted octanol–water partition coefficient (Wildman–Crippen LogP) is 2.72. The number of hydrogen-bond donors (Lipinski definition) is 2. The van der Waals surface area contributed by atoms with Gasteiger partial charge in [-0.2, -0.15) is 0 Å². The zero-order valence-corrected chi connectivity index (χ0v) is 13.8. The monoisotopic (exact) mass is 359 g/mol. The fourth-order valence-electron chi connectivity index (χ4n) is 3.03. The lowest BCUT2D eigenvalue weighted by Gasteiger charge is -2.12. The average molecular weight is 359 g/mol. The minimum atomic E-state index is -0.991. The molecular weight excluding hydrogens is 345 g/mol. The van der Waals surface area contributed by atoms with Crippen molar-refractivity contribution in [3.63, 3.8) is 0 Å². The standard InChI is InChI=1S/C17H14FN3O3S/c18-13-7-12(13)10-5-6-14(11-4-2-1-3-9(10)11)21-16(24)19-20-17(21)25-8-15(22)23/h1-6,12-13H,7-8H2,(H,19,24)(H,22,23). The summed E-state index contributed by atoms with van der Waals surface area (Å²) in [7, 11) is 0. The molecule has 3 aromatic rings. The van der Waals surface area contributed by atoms with E-state index in [-0.39, 0.29) is 16.8 Å². The number of carboxylic acids is 1.